The highest BCUT2D eigenvalue weighted by molar-refractivity contribution is 8.15. The second-order valence-electron chi connectivity index (χ2n) is 6.42. The molecule has 0 bridgehead atoms. The van der Waals surface area contributed by atoms with Gasteiger partial charge in [0.15, 0.2) is 5.17 Å². The molecule has 1 heterocycles. The standard InChI is InChI=1S/C21H20N2O2S2/c1-16(17-7-3-2-4-8-17)26-21-22-13-14-23(21)27(24,25)20-12-11-18-9-5-6-10-19(18)15-20/h2-12,15-16H,13-14H2,1H3/t16-/m0/s1. The van der Waals surface area contributed by atoms with E-state index < -0.39 is 10.0 Å². The molecular weight excluding hydrogens is 376 g/mol. The molecule has 1 aliphatic heterocycles. The van der Waals surface area contributed by atoms with E-state index in [1.807, 2.05) is 48.5 Å². The van der Waals surface area contributed by atoms with Crippen LogP contribution in [0.1, 0.15) is 17.7 Å². The van der Waals surface area contributed by atoms with Crippen molar-refractivity contribution in [2.75, 3.05) is 13.1 Å². The first-order valence-electron chi connectivity index (χ1n) is 8.83. The van der Waals surface area contributed by atoms with Crippen LogP contribution in [0.3, 0.4) is 0 Å². The Bertz CT molecular complexity index is 1100. The third-order valence-electron chi connectivity index (χ3n) is 4.62. The van der Waals surface area contributed by atoms with Crippen molar-refractivity contribution < 1.29 is 8.42 Å². The summed E-state index contributed by atoms with van der Waals surface area (Å²) in [6, 6.07) is 23.1. The molecule has 0 aliphatic carbocycles. The third kappa shape index (κ3) is 3.59. The lowest BCUT2D eigenvalue weighted by atomic mass is 10.1. The molecule has 0 amide bonds. The van der Waals surface area contributed by atoms with Crippen LogP contribution in [-0.2, 0) is 10.0 Å². The van der Waals surface area contributed by atoms with Crippen molar-refractivity contribution in [2.24, 2.45) is 4.99 Å². The summed E-state index contributed by atoms with van der Waals surface area (Å²) in [4.78, 5) is 4.77. The van der Waals surface area contributed by atoms with Gasteiger partial charge in [0.05, 0.1) is 18.0 Å². The molecule has 3 aromatic carbocycles. The Hall–Kier alpha value is -2.31. The third-order valence-corrected chi connectivity index (χ3v) is 7.71. The van der Waals surface area contributed by atoms with Crippen molar-refractivity contribution in [1.29, 1.82) is 0 Å². The van der Waals surface area contributed by atoms with Crippen molar-refractivity contribution >= 4 is 37.7 Å². The summed E-state index contributed by atoms with van der Waals surface area (Å²) < 4.78 is 27.9. The number of fused-ring (bicyclic) bond motifs is 1. The summed E-state index contributed by atoms with van der Waals surface area (Å²) in [5, 5.41) is 2.64. The molecule has 138 valence electrons. The summed E-state index contributed by atoms with van der Waals surface area (Å²) in [5.41, 5.74) is 1.15. The van der Waals surface area contributed by atoms with Gasteiger partial charge in [0.25, 0.3) is 10.0 Å². The van der Waals surface area contributed by atoms with Gasteiger partial charge in [-0.3, -0.25) is 4.99 Å². The van der Waals surface area contributed by atoms with E-state index in [0.29, 0.717) is 23.2 Å². The number of hydrogen-bond acceptors (Lipinski definition) is 4. The Kier molecular flexibility index (Phi) is 4.93. The molecule has 0 spiro atoms. The van der Waals surface area contributed by atoms with E-state index in [0.717, 1.165) is 16.3 Å². The summed E-state index contributed by atoms with van der Waals surface area (Å²) in [5.74, 6) is 0. The number of nitrogens with zero attached hydrogens (tertiary/aromatic N) is 2. The summed E-state index contributed by atoms with van der Waals surface area (Å²) in [6.07, 6.45) is 0. The van der Waals surface area contributed by atoms with Gasteiger partial charge in [0.1, 0.15) is 0 Å². The molecule has 1 aliphatic rings. The maximum Gasteiger partial charge on any atom is 0.265 e. The van der Waals surface area contributed by atoms with Crippen LogP contribution in [0, 0.1) is 0 Å². The largest absolute Gasteiger partial charge is 0.265 e. The van der Waals surface area contributed by atoms with Crippen LogP contribution in [0.5, 0.6) is 0 Å². The van der Waals surface area contributed by atoms with Crippen molar-refractivity contribution in [3.63, 3.8) is 0 Å². The van der Waals surface area contributed by atoms with Crippen LogP contribution in [0.4, 0.5) is 0 Å². The maximum absolute atomic E-state index is 13.2. The maximum atomic E-state index is 13.2. The first-order chi connectivity index (χ1) is 13.1. The number of sulfonamides is 1. The molecule has 3 aromatic rings. The number of hydrogen-bond donors (Lipinski definition) is 0. The predicted molar refractivity (Wildman–Crippen MR) is 113 cm³/mol. The Balaban J connectivity index is 1.61. The SMILES string of the molecule is C[C@H](SC1=NCCN1S(=O)(=O)c1ccc2ccccc2c1)c1ccccc1. The van der Waals surface area contributed by atoms with Gasteiger partial charge in [0, 0.05) is 5.25 Å². The molecule has 0 aromatic heterocycles. The van der Waals surface area contributed by atoms with Gasteiger partial charge in [-0.25, -0.2) is 12.7 Å². The zero-order chi connectivity index (χ0) is 18.9. The lowest BCUT2D eigenvalue weighted by molar-refractivity contribution is 0.540. The topological polar surface area (TPSA) is 49.7 Å². The van der Waals surface area contributed by atoms with Crippen LogP contribution < -0.4 is 0 Å². The molecule has 0 saturated carbocycles. The minimum absolute atomic E-state index is 0.123. The lowest BCUT2D eigenvalue weighted by Crippen LogP contribution is -2.33. The van der Waals surface area contributed by atoms with E-state index >= 15 is 0 Å². The number of amidine groups is 1. The van der Waals surface area contributed by atoms with Gasteiger partial charge in [-0.15, -0.1) is 0 Å². The highest BCUT2D eigenvalue weighted by Gasteiger charge is 2.32. The van der Waals surface area contributed by atoms with Crippen molar-refractivity contribution in [3.8, 4) is 0 Å². The van der Waals surface area contributed by atoms with Crippen LogP contribution in [0.15, 0.2) is 82.7 Å². The molecule has 0 fully saturated rings. The number of aliphatic imine (C=N–C) groups is 1. The minimum Gasteiger partial charge on any atom is -0.260 e. The fourth-order valence-corrected chi connectivity index (χ4v) is 5.90. The van der Waals surface area contributed by atoms with Gasteiger partial charge in [-0.05, 0) is 35.4 Å². The molecule has 4 nitrogen and oxygen atoms in total. The molecule has 0 saturated heterocycles. The Morgan fingerprint density at radius 3 is 2.44 bits per heavy atom. The number of rotatable bonds is 4. The van der Waals surface area contributed by atoms with Crippen LogP contribution in [-0.4, -0.2) is 31.0 Å². The van der Waals surface area contributed by atoms with E-state index in [4.69, 9.17) is 0 Å². The Morgan fingerprint density at radius 1 is 0.963 bits per heavy atom. The second kappa shape index (κ2) is 7.37. The average Bonchev–Trinajstić information content (AvgIpc) is 3.17. The summed E-state index contributed by atoms with van der Waals surface area (Å²) >= 11 is 1.49. The fraction of sp³-hybridized carbons (Fsp3) is 0.190. The molecule has 6 heteroatoms. The fourth-order valence-electron chi connectivity index (χ4n) is 3.14. The van der Waals surface area contributed by atoms with Crippen molar-refractivity contribution in [3.05, 3.63) is 78.4 Å². The first kappa shape index (κ1) is 18.1. The van der Waals surface area contributed by atoms with Crippen LogP contribution in [0.25, 0.3) is 10.8 Å². The van der Waals surface area contributed by atoms with Crippen LogP contribution in [0.2, 0.25) is 0 Å². The van der Waals surface area contributed by atoms with E-state index in [1.165, 1.54) is 16.1 Å². The minimum atomic E-state index is -3.63. The quantitative estimate of drug-likeness (QED) is 0.643. The first-order valence-corrected chi connectivity index (χ1v) is 11.2. The highest BCUT2D eigenvalue weighted by atomic mass is 32.2. The molecule has 4 rings (SSSR count). The number of benzene rings is 3. The van der Waals surface area contributed by atoms with Gasteiger partial charge >= 0.3 is 0 Å². The molecule has 0 unspecified atom stereocenters. The zero-order valence-electron chi connectivity index (χ0n) is 14.9. The Labute approximate surface area is 164 Å². The summed E-state index contributed by atoms with van der Waals surface area (Å²) in [6.45, 7) is 2.96. The van der Waals surface area contributed by atoms with E-state index in [-0.39, 0.29) is 5.25 Å². The van der Waals surface area contributed by atoms with Crippen molar-refractivity contribution in [2.45, 2.75) is 17.1 Å². The van der Waals surface area contributed by atoms with Gasteiger partial charge in [-0.1, -0.05) is 72.4 Å². The average molecular weight is 397 g/mol. The monoisotopic (exact) mass is 396 g/mol. The van der Waals surface area contributed by atoms with E-state index in [1.54, 1.807) is 12.1 Å². The van der Waals surface area contributed by atoms with Gasteiger partial charge < -0.3 is 0 Å². The normalized spacial score (nSPS) is 15.7. The summed E-state index contributed by atoms with van der Waals surface area (Å²) in [7, 11) is -3.63. The molecule has 1 atom stereocenters. The van der Waals surface area contributed by atoms with Crippen LogP contribution >= 0.6 is 11.8 Å². The smallest absolute Gasteiger partial charge is 0.260 e. The molecule has 0 N–H and O–H groups in total. The Morgan fingerprint density at radius 2 is 1.67 bits per heavy atom. The zero-order valence-corrected chi connectivity index (χ0v) is 16.6. The van der Waals surface area contributed by atoms with Gasteiger partial charge in [0.2, 0.25) is 0 Å². The van der Waals surface area contributed by atoms with Crippen molar-refractivity contribution in [1.82, 2.24) is 4.31 Å². The highest BCUT2D eigenvalue weighted by Crippen LogP contribution is 2.34. The predicted octanol–water partition coefficient (Wildman–Crippen LogP) is 4.69. The molecular formula is C21H20N2O2S2. The van der Waals surface area contributed by atoms with E-state index in [2.05, 4.69) is 24.0 Å². The molecule has 0 radical (unpaired) electrons. The second-order valence-corrected chi connectivity index (χ2v) is 9.59. The molecule has 27 heavy (non-hydrogen) atoms. The number of thioether (sulfide) groups is 1. The van der Waals surface area contributed by atoms with E-state index in [9.17, 15) is 8.42 Å². The van der Waals surface area contributed by atoms with Gasteiger partial charge in [-0.2, -0.15) is 0 Å². The lowest BCUT2D eigenvalue weighted by Gasteiger charge is -2.22.